The minimum atomic E-state index is 0.610. The smallest absolute Gasteiger partial charge is 0.227 e. The summed E-state index contributed by atoms with van der Waals surface area (Å²) >= 11 is 1.24. The number of pyridine rings is 1. The average molecular weight is 507 g/mol. The molecule has 0 saturated heterocycles. The second-order valence-corrected chi connectivity index (χ2v) is 9.74. The Labute approximate surface area is 221 Å². The molecule has 8 aromatic rings. The Morgan fingerprint density at radius 2 is 1.26 bits per heavy atom. The lowest BCUT2D eigenvalue weighted by molar-refractivity contribution is 0.620. The summed E-state index contributed by atoms with van der Waals surface area (Å²) in [5.74, 6) is 0.610. The molecule has 0 aliphatic rings. The van der Waals surface area contributed by atoms with E-state index in [1.54, 1.807) is 0 Å². The van der Waals surface area contributed by atoms with Crippen LogP contribution in [0.3, 0.4) is 0 Å². The van der Waals surface area contributed by atoms with Crippen molar-refractivity contribution in [3.63, 3.8) is 0 Å². The molecule has 0 atom stereocenters. The molecule has 178 valence electrons. The van der Waals surface area contributed by atoms with Crippen molar-refractivity contribution in [3.8, 4) is 33.8 Å². The van der Waals surface area contributed by atoms with Crippen LogP contribution in [-0.2, 0) is 0 Å². The number of para-hydroxylation sites is 3. The number of fused-ring (bicyclic) bond motifs is 6. The summed E-state index contributed by atoms with van der Waals surface area (Å²) in [6, 6.07) is 36.9. The first kappa shape index (κ1) is 21.2. The molecule has 0 aliphatic heterocycles. The number of hydrogen-bond acceptors (Lipinski definition) is 6. The van der Waals surface area contributed by atoms with Crippen LogP contribution in [0.25, 0.3) is 77.6 Å². The Morgan fingerprint density at radius 1 is 0.553 bits per heavy atom. The van der Waals surface area contributed by atoms with Crippen LogP contribution in [0.2, 0.25) is 0 Å². The third-order valence-electron chi connectivity index (χ3n) is 6.98. The van der Waals surface area contributed by atoms with Crippen LogP contribution in [0, 0.1) is 0 Å². The van der Waals surface area contributed by atoms with E-state index in [2.05, 4.69) is 53.5 Å². The van der Waals surface area contributed by atoms with Gasteiger partial charge in [-0.15, -0.1) is 0 Å². The molecular formula is C32H18N4OS. The summed E-state index contributed by atoms with van der Waals surface area (Å²) < 4.78 is 15.5. The van der Waals surface area contributed by atoms with Crippen LogP contribution < -0.4 is 0 Å². The lowest BCUT2D eigenvalue weighted by Gasteiger charge is -2.13. The van der Waals surface area contributed by atoms with Crippen LogP contribution in [0.15, 0.2) is 114 Å². The molecule has 0 saturated carbocycles. The van der Waals surface area contributed by atoms with Gasteiger partial charge in [-0.1, -0.05) is 72.8 Å². The Hall–Kier alpha value is -4.94. The Bertz CT molecular complexity index is 2100. The van der Waals surface area contributed by atoms with Gasteiger partial charge in [0.2, 0.25) is 5.89 Å². The maximum Gasteiger partial charge on any atom is 0.227 e. The first-order valence-electron chi connectivity index (χ1n) is 12.3. The van der Waals surface area contributed by atoms with Gasteiger partial charge in [0.15, 0.2) is 5.58 Å². The number of benzene rings is 5. The van der Waals surface area contributed by atoms with Crippen molar-refractivity contribution in [2.24, 2.45) is 0 Å². The van der Waals surface area contributed by atoms with Gasteiger partial charge in [0.25, 0.3) is 0 Å². The van der Waals surface area contributed by atoms with Crippen molar-refractivity contribution < 1.29 is 4.42 Å². The predicted octanol–water partition coefficient (Wildman–Crippen LogP) is 8.53. The third kappa shape index (κ3) is 3.24. The Balaban J connectivity index is 1.37. The monoisotopic (exact) mass is 506 g/mol. The highest BCUT2D eigenvalue weighted by molar-refractivity contribution is 7.00. The minimum absolute atomic E-state index is 0.610. The summed E-state index contributed by atoms with van der Waals surface area (Å²) in [6.45, 7) is 0. The van der Waals surface area contributed by atoms with Crippen molar-refractivity contribution in [2.45, 2.75) is 0 Å². The zero-order valence-electron chi connectivity index (χ0n) is 20.0. The molecule has 5 aromatic carbocycles. The van der Waals surface area contributed by atoms with E-state index in [1.165, 1.54) is 11.7 Å². The predicted molar refractivity (Wildman–Crippen MR) is 154 cm³/mol. The molecule has 0 spiro atoms. The molecule has 8 rings (SSSR count). The van der Waals surface area contributed by atoms with Crippen molar-refractivity contribution in [3.05, 3.63) is 109 Å². The Kier molecular flexibility index (Phi) is 4.62. The van der Waals surface area contributed by atoms with Gasteiger partial charge < -0.3 is 4.42 Å². The fourth-order valence-corrected chi connectivity index (χ4v) is 5.76. The summed E-state index contributed by atoms with van der Waals surface area (Å²) in [6.07, 6.45) is 0. The van der Waals surface area contributed by atoms with E-state index < -0.39 is 0 Å². The minimum Gasteiger partial charge on any atom is -0.436 e. The fourth-order valence-electron chi connectivity index (χ4n) is 5.19. The van der Waals surface area contributed by atoms with E-state index in [-0.39, 0.29) is 0 Å². The molecule has 0 bridgehead atoms. The van der Waals surface area contributed by atoms with Gasteiger partial charge in [0.05, 0.1) is 22.9 Å². The van der Waals surface area contributed by atoms with E-state index in [1.807, 2.05) is 60.7 Å². The zero-order valence-corrected chi connectivity index (χ0v) is 20.8. The molecule has 6 heteroatoms. The van der Waals surface area contributed by atoms with Crippen molar-refractivity contribution in [1.82, 2.24) is 18.7 Å². The average Bonchev–Trinajstić information content (AvgIpc) is 3.65. The first-order chi connectivity index (χ1) is 18.8. The topological polar surface area (TPSA) is 64.7 Å². The second-order valence-electron chi connectivity index (χ2n) is 9.22. The van der Waals surface area contributed by atoms with Crippen LogP contribution in [0.1, 0.15) is 0 Å². The van der Waals surface area contributed by atoms with Gasteiger partial charge in [-0.25, -0.2) is 9.97 Å². The quantitative estimate of drug-likeness (QED) is 0.225. The molecule has 38 heavy (non-hydrogen) atoms. The van der Waals surface area contributed by atoms with E-state index in [0.29, 0.717) is 5.89 Å². The van der Waals surface area contributed by atoms with Gasteiger partial charge in [0.1, 0.15) is 16.6 Å². The normalized spacial score (nSPS) is 11.7. The van der Waals surface area contributed by atoms with Crippen molar-refractivity contribution in [2.75, 3.05) is 0 Å². The Morgan fingerprint density at radius 3 is 2.11 bits per heavy atom. The largest absolute Gasteiger partial charge is 0.436 e. The molecule has 3 aromatic heterocycles. The van der Waals surface area contributed by atoms with Crippen LogP contribution in [0.4, 0.5) is 0 Å². The number of nitrogens with zero attached hydrogens (tertiary/aromatic N) is 4. The van der Waals surface area contributed by atoms with Crippen molar-refractivity contribution >= 4 is 55.5 Å². The van der Waals surface area contributed by atoms with Gasteiger partial charge in [-0.05, 0) is 42.0 Å². The maximum atomic E-state index is 5.98. The maximum absolute atomic E-state index is 5.98. The third-order valence-corrected chi connectivity index (χ3v) is 7.51. The van der Waals surface area contributed by atoms with E-state index in [0.717, 1.165) is 71.8 Å². The van der Waals surface area contributed by atoms with Crippen LogP contribution in [0.5, 0.6) is 0 Å². The van der Waals surface area contributed by atoms with Crippen LogP contribution >= 0.6 is 11.7 Å². The van der Waals surface area contributed by atoms with Gasteiger partial charge >= 0.3 is 0 Å². The summed E-state index contributed by atoms with van der Waals surface area (Å²) in [5, 5.41) is 3.23. The molecule has 0 aliphatic carbocycles. The SMILES string of the molecule is c1ccc(-c2nc3ccccc3c3c2cc(-c2ccc(-c4nc5ccccc5o4)cc2)c2nsnc23)cc1. The van der Waals surface area contributed by atoms with Gasteiger partial charge in [0, 0.05) is 32.8 Å². The number of oxazole rings is 1. The molecule has 0 N–H and O–H groups in total. The van der Waals surface area contributed by atoms with Gasteiger partial charge in [-0.2, -0.15) is 8.75 Å². The summed E-state index contributed by atoms with van der Waals surface area (Å²) in [7, 11) is 0. The molecule has 0 fully saturated rings. The highest BCUT2D eigenvalue weighted by Gasteiger charge is 2.19. The standard InChI is InChI=1S/C32H18N4OS/c1-2-8-20(9-3-1)29-24-18-23(30-31(36-38-35-30)28(24)22-10-4-5-11-25(22)33-29)19-14-16-21(17-15-19)32-34-26-12-6-7-13-27(26)37-32/h1-18H. The highest BCUT2D eigenvalue weighted by Crippen LogP contribution is 2.41. The lowest BCUT2D eigenvalue weighted by atomic mass is 9.94. The van der Waals surface area contributed by atoms with Crippen LogP contribution in [-0.4, -0.2) is 18.7 Å². The molecule has 3 heterocycles. The number of rotatable bonds is 3. The van der Waals surface area contributed by atoms with E-state index >= 15 is 0 Å². The highest BCUT2D eigenvalue weighted by atomic mass is 32.1. The molecule has 0 unspecified atom stereocenters. The molecule has 5 nitrogen and oxygen atoms in total. The van der Waals surface area contributed by atoms with Gasteiger partial charge in [-0.3, -0.25) is 0 Å². The first-order valence-corrected chi connectivity index (χ1v) is 13.1. The lowest BCUT2D eigenvalue weighted by Crippen LogP contribution is -1.92. The zero-order chi connectivity index (χ0) is 25.1. The van der Waals surface area contributed by atoms with E-state index in [4.69, 9.17) is 18.1 Å². The number of hydrogen-bond donors (Lipinski definition) is 0. The summed E-state index contributed by atoms with van der Waals surface area (Å²) in [5.41, 5.74) is 9.40. The second kappa shape index (κ2) is 8.30. The van der Waals surface area contributed by atoms with Crippen molar-refractivity contribution in [1.29, 1.82) is 0 Å². The number of aromatic nitrogens is 4. The summed E-state index contributed by atoms with van der Waals surface area (Å²) in [4.78, 5) is 9.76. The molecular weight excluding hydrogens is 488 g/mol. The fraction of sp³-hybridized carbons (Fsp3) is 0. The molecule has 0 amide bonds. The van der Waals surface area contributed by atoms with E-state index in [9.17, 15) is 0 Å². The molecule has 0 radical (unpaired) electrons.